The lowest BCUT2D eigenvalue weighted by molar-refractivity contribution is -0.364. The van der Waals surface area contributed by atoms with Gasteiger partial charge in [0, 0.05) is 12.5 Å². The van der Waals surface area contributed by atoms with Crippen LogP contribution in [0.3, 0.4) is 0 Å². The number of carbonyl (C=O) groups excluding carboxylic acids is 1. The van der Waals surface area contributed by atoms with Gasteiger partial charge in [-0.3, -0.25) is 9.69 Å². The zero-order valence-corrected chi connectivity index (χ0v) is 18.3. The molecule has 0 bridgehead atoms. The maximum absolute atomic E-state index is 12.6. The summed E-state index contributed by atoms with van der Waals surface area (Å²) in [7, 11) is 0. The topological polar surface area (TPSA) is 94.4 Å². The number of carbonyl (C=O) groups is 1. The van der Waals surface area contributed by atoms with Crippen molar-refractivity contribution >= 4 is 23.5 Å². The Hall–Kier alpha value is -2.29. The summed E-state index contributed by atoms with van der Waals surface area (Å²) >= 11 is 1.38. The van der Waals surface area contributed by atoms with Gasteiger partial charge in [-0.25, -0.2) is 9.66 Å². The smallest absolute Gasteiger partial charge is 0.274 e. The highest BCUT2D eigenvalue weighted by Gasteiger charge is 2.26. The molecule has 162 valence electrons. The first-order valence-electron chi connectivity index (χ1n) is 11.0. The number of aromatic nitrogens is 4. The predicted octanol–water partition coefficient (Wildman–Crippen LogP) is 1.76. The molecule has 1 aliphatic heterocycles. The summed E-state index contributed by atoms with van der Waals surface area (Å²) in [4.78, 5) is 20.1. The highest BCUT2D eigenvalue weighted by atomic mass is 32.2. The molecule has 2 aromatic heterocycles. The van der Waals surface area contributed by atoms with Crippen molar-refractivity contribution in [2.24, 2.45) is 5.92 Å². The fraction of sp³-hybridized carbons (Fsp3) is 0.619. The standard InChI is InChI=1S/C21H31N7OS/c22-28-19(10-9-17-6-2-1-3-7-17)24-25-21(28)30-16-20(29)27-14-12-26(13-15-27)18-8-4-5-11-23-18/h4-5,8,11,17H,1-3,6-7,9-10,12-16,22H2/p+1. The van der Waals surface area contributed by atoms with Gasteiger partial charge in [-0.05, 0) is 18.4 Å². The van der Waals surface area contributed by atoms with Crippen LogP contribution in [0.1, 0.15) is 44.3 Å². The SMILES string of the molecule is Nn1c(CCC2CCCCC2)nnc1SCC(=O)N1CCN(c2cccc[nH+]2)CC1. The maximum Gasteiger partial charge on any atom is 0.274 e. The summed E-state index contributed by atoms with van der Waals surface area (Å²) < 4.78 is 1.57. The first-order chi connectivity index (χ1) is 14.7. The number of hydrogen-bond donors (Lipinski definition) is 1. The number of rotatable bonds is 7. The molecule has 0 atom stereocenters. The highest BCUT2D eigenvalue weighted by molar-refractivity contribution is 7.99. The van der Waals surface area contributed by atoms with Gasteiger partial charge in [-0.15, -0.1) is 10.2 Å². The zero-order valence-electron chi connectivity index (χ0n) is 17.5. The molecule has 1 aliphatic carbocycles. The van der Waals surface area contributed by atoms with Gasteiger partial charge in [0.2, 0.25) is 11.1 Å². The molecule has 0 unspecified atom stereocenters. The van der Waals surface area contributed by atoms with E-state index >= 15 is 0 Å². The van der Waals surface area contributed by atoms with Gasteiger partial charge in [0.15, 0.2) is 5.82 Å². The van der Waals surface area contributed by atoms with E-state index in [9.17, 15) is 4.79 Å². The molecule has 2 fully saturated rings. The van der Waals surface area contributed by atoms with E-state index in [-0.39, 0.29) is 5.91 Å². The van der Waals surface area contributed by atoms with Crippen molar-refractivity contribution in [2.75, 3.05) is 42.7 Å². The predicted molar refractivity (Wildman–Crippen MR) is 118 cm³/mol. The van der Waals surface area contributed by atoms with Crippen molar-refractivity contribution in [3.63, 3.8) is 0 Å². The molecular formula is C21H32N7OS+. The van der Waals surface area contributed by atoms with Gasteiger partial charge in [0.05, 0.1) is 25.0 Å². The minimum Gasteiger partial charge on any atom is -0.336 e. The van der Waals surface area contributed by atoms with Crippen LogP contribution in [-0.4, -0.2) is 57.6 Å². The zero-order chi connectivity index (χ0) is 20.8. The third-order valence-corrected chi connectivity index (χ3v) is 7.15. The molecule has 0 aromatic carbocycles. The van der Waals surface area contributed by atoms with Crippen LogP contribution in [0, 0.1) is 5.92 Å². The normalized spacial score (nSPS) is 18.0. The Labute approximate surface area is 182 Å². The lowest BCUT2D eigenvalue weighted by Crippen LogP contribution is -2.50. The van der Waals surface area contributed by atoms with E-state index in [1.807, 2.05) is 23.2 Å². The van der Waals surface area contributed by atoms with Crippen molar-refractivity contribution in [3.05, 3.63) is 30.2 Å². The quantitative estimate of drug-likeness (QED) is 0.531. The number of nitrogens with zero attached hydrogens (tertiary/aromatic N) is 5. The van der Waals surface area contributed by atoms with Gasteiger partial charge in [-0.1, -0.05) is 49.9 Å². The molecule has 3 heterocycles. The Morgan fingerprint density at radius 2 is 1.93 bits per heavy atom. The largest absolute Gasteiger partial charge is 0.336 e. The van der Waals surface area contributed by atoms with E-state index in [1.165, 1.54) is 43.9 Å². The van der Waals surface area contributed by atoms with E-state index in [0.29, 0.717) is 10.9 Å². The molecule has 0 radical (unpaired) electrons. The van der Waals surface area contributed by atoms with Crippen molar-refractivity contribution < 1.29 is 9.78 Å². The van der Waals surface area contributed by atoms with Gasteiger partial charge in [-0.2, -0.15) is 0 Å². The second-order valence-electron chi connectivity index (χ2n) is 8.22. The Morgan fingerprint density at radius 1 is 1.13 bits per heavy atom. The van der Waals surface area contributed by atoms with Gasteiger partial charge in [0.1, 0.15) is 13.1 Å². The van der Waals surface area contributed by atoms with E-state index < -0.39 is 0 Å². The molecule has 1 amide bonds. The summed E-state index contributed by atoms with van der Waals surface area (Å²) in [6, 6.07) is 6.05. The molecule has 2 aliphatic rings. The fourth-order valence-corrected chi connectivity index (χ4v) is 5.16. The first-order valence-corrected chi connectivity index (χ1v) is 12.0. The Balaban J connectivity index is 1.22. The molecule has 1 saturated carbocycles. The lowest BCUT2D eigenvalue weighted by atomic mass is 9.86. The van der Waals surface area contributed by atoms with Crippen LogP contribution in [0.2, 0.25) is 0 Å². The Morgan fingerprint density at radius 3 is 2.67 bits per heavy atom. The number of hydrogen-bond acceptors (Lipinski definition) is 6. The molecular weight excluding hydrogens is 398 g/mol. The summed E-state index contributed by atoms with van der Waals surface area (Å²) in [5, 5.41) is 9.11. The molecule has 0 spiro atoms. The van der Waals surface area contributed by atoms with Gasteiger partial charge >= 0.3 is 0 Å². The molecule has 8 nitrogen and oxygen atoms in total. The van der Waals surface area contributed by atoms with E-state index in [2.05, 4.69) is 26.1 Å². The van der Waals surface area contributed by atoms with E-state index in [4.69, 9.17) is 5.84 Å². The first kappa shape index (κ1) is 21.0. The average molecular weight is 431 g/mol. The summed E-state index contributed by atoms with van der Waals surface area (Å²) in [6.07, 6.45) is 10.6. The third kappa shape index (κ3) is 5.24. The van der Waals surface area contributed by atoms with Crippen molar-refractivity contribution in [3.8, 4) is 0 Å². The van der Waals surface area contributed by atoms with Gasteiger partial charge < -0.3 is 10.7 Å². The average Bonchev–Trinajstić information content (AvgIpc) is 3.16. The number of thioether (sulfide) groups is 1. The lowest BCUT2D eigenvalue weighted by Gasteiger charge is -2.30. The number of aryl methyl sites for hydroxylation is 1. The summed E-state index contributed by atoms with van der Waals surface area (Å²) in [6.45, 7) is 3.11. The van der Waals surface area contributed by atoms with Crippen LogP contribution in [0.5, 0.6) is 0 Å². The third-order valence-electron chi connectivity index (χ3n) is 6.23. The Kier molecular flexibility index (Phi) is 7.09. The molecule has 3 N–H and O–H groups in total. The minimum atomic E-state index is 0.128. The number of nitrogen functional groups attached to an aromatic ring is 1. The second kappa shape index (κ2) is 10.1. The minimum absolute atomic E-state index is 0.128. The monoisotopic (exact) mass is 430 g/mol. The highest BCUT2D eigenvalue weighted by Crippen LogP contribution is 2.27. The molecule has 4 rings (SSSR count). The molecule has 1 saturated heterocycles. The Bertz CT molecular complexity index is 814. The van der Waals surface area contributed by atoms with Crippen molar-refractivity contribution in [1.82, 2.24) is 19.8 Å². The maximum atomic E-state index is 12.6. The fourth-order valence-electron chi connectivity index (χ4n) is 4.38. The number of aromatic amines is 1. The van der Waals surface area contributed by atoms with Crippen LogP contribution in [0.15, 0.2) is 29.6 Å². The van der Waals surface area contributed by atoms with E-state index in [1.54, 1.807) is 4.68 Å². The summed E-state index contributed by atoms with van der Waals surface area (Å²) in [5.41, 5.74) is 0. The van der Waals surface area contributed by atoms with Crippen molar-refractivity contribution in [1.29, 1.82) is 0 Å². The second-order valence-corrected chi connectivity index (χ2v) is 9.16. The number of nitrogens with two attached hydrogens (primary N) is 1. The number of pyridine rings is 1. The number of nitrogens with one attached hydrogen (secondary N) is 1. The molecule has 2 aromatic rings. The summed E-state index contributed by atoms with van der Waals surface area (Å²) in [5.74, 6) is 9.38. The van der Waals surface area contributed by atoms with Crippen LogP contribution in [0.25, 0.3) is 0 Å². The van der Waals surface area contributed by atoms with E-state index in [0.717, 1.165) is 56.6 Å². The molecule has 9 heteroatoms. The van der Waals surface area contributed by atoms with Crippen LogP contribution in [-0.2, 0) is 11.2 Å². The van der Waals surface area contributed by atoms with Gasteiger partial charge in [0.25, 0.3) is 5.82 Å². The van der Waals surface area contributed by atoms with Crippen molar-refractivity contribution in [2.45, 2.75) is 50.1 Å². The van der Waals surface area contributed by atoms with Crippen LogP contribution in [0.4, 0.5) is 5.82 Å². The van der Waals surface area contributed by atoms with Crippen LogP contribution < -0.4 is 15.7 Å². The number of H-pyrrole nitrogens is 1. The number of anilines is 1. The van der Waals surface area contributed by atoms with Crippen LogP contribution >= 0.6 is 11.8 Å². The number of piperazine rings is 1. The molecule has 30 heavy (non-hydrogen) atoms. The number of amides is 1.